The predicted octanol–water partition coefficient (Wildman–Crippen LogP) is 1.26. The Morgan fingerprint density at radius 3 is 2.80 bits per heavy atom. The van der Waals surface area contributed by atoms with Gasteiger partial charge in [0.15, 0.2) is 0 Å². The van der Waals surface area contributed by atoms with Crippen LogP contribution in [0.1, 0.15) is 19.3 Å². The summed E-state index contributed by atoms with van der Waals surface area (Å²) in [7, 11) is 0. The minimum atomic E-state index is 0. The van der Waals surface area contributed by atoms with Gasteiger partial charge in [0.25, 0.3) is 0 Å². The maximum atomic E-state index is 4.43. The number of nitrogens with zero attached hydrogens (tertiary/aromatic N) is 2. The van der Waals surface area contributed by atoms with Crippen molar-refractivity contribution in [1.82, 2.24) is 11.1 Å². The van der Waals surface area contributed by atoms with Gasteiger partial charge in [-0.2, -0.15) is 0 Å². The number of rotatable bonds is 0. The van der Waals surface area contributed by atoms with Crippen molar-refractivity contribution in [3.05, 3.63) is 0 Å². The van der Waals surface area contributed by atoms with Gasteiger partial charge in [0.05, 0.1) is 5.84 Å². The Labute approximate surface area is 61.7 Å². The molecular formula is C7H16N3+. The molecule has 10 heavy (non-hydrogen) atoms. The van der Waals surface area contributed by atoms with Crippen LogP contribution in [-0.2, 0) is 0 Å². The Bertz CT molecular complexity index is 142. The van der Waals surface area contributed by atoms with Crippen molar-refractivity contribution in [1.29, 1.82) is 0 Å². The van der Waals surface area contributed by atoms with Gasteiger partial charge in [-0.15, -0.1) is 0 Å². The summed E-state index contributed by atoms with van der Waals surface area (Å²) in [6.45, 7) is 3.60. The molecule has 3 heteroatoms. The fourth-order valence-corrected chi connectivity index (χ4v) is 1.60. The van der Waals surface area contributed by atoms with E-state index in [1.54, 1.807) is 0 Å². The normalized spacial score (nSPS) is 23.2. The fourth-order valence-electron chi connectivity index (χ4n) is 1.60. The summed E-state index contributed by atoms with van der Waals surface area (Å²) in [5.41, 5.74) is 0. The summed E-state index contributed by atoms with van der Waals surface area (Å²) in [5, 5.41) is 0. The number of fused-ring (bicyclic) bond motifs is 1. The summed E-state index contributed by atoms with van der Waals surface area (Å²) in [6, 6.07) is 0. The van der Waals surface area contributed by atoms with Crippen LogP contribution in [0, 0.1) is 0 Å². The molecule has 58 valence electrons. The maximum absolute atomic E-state index is 4.43. The monoisotopic (exact) mass is 142 g/mol. The molecule has 0 unspecified atom stereocenters. The van der Waals surface area contributed by atoms with E-state index < -0.39 is 0 Å². The Morgan fingerprint density at radius 2 is 2.00 bits per heavy atom. The minimum absolute atomic E-state index is 0. The lowest BCUT2D eigenvalue weighted by Gasteiger charge is -2.21. The van der Waals surface area contributed by atoms with E-state index in [0.29, 0.717) is 0 Å². The van der Waals surface area contributed by atoms with E-state index in [9.17, 15) is 0 Å². The van der Waals surface area contributed by atoms with Gasteiger partial charge >= 0.3 is 0 Å². The van der Waals surface area contributed by atoms with Gasteiger partial charge in [0.1, 0.15) is 0 Å². The van der Waals surface area contributed by atoms with Gasteiger partial charge in [-0.3, -0.25) is 4.99 Å². The zero-order valence-corrected chi connectivity index (χ0v) is 6.64. The molecule has 2 aliphatic rings. The molecule has 0 radical (unpaired) electrons. The van der Waals surface area contributed by atoms with Crippen molar-refractivity contribution in [3.8, 4) is 0 Å². The molecule has 0 aromatic carbocycles. The molecule has 2 rings (SSSR count). The lowest BCUT2D eigenvalue weighted by Crippen LogP contribution is -2.29. The summed E-state index contributed by atoms with van der Waals surface area (Å²) < 4.78 is 0. The Morgan fingerprint density at radius 1 is 1.20 bits per heavy atom. The van der Waals surface area contributed by atoms with E-state index in [1.165, 1.54) is 38.2 Å². The van der Waals surface area contributed by atoms with Gasteiger partial charge in [0, 0.05) is 26.1 Å². The number of aliphatic imine (C=N–C) groups is 1. The molecule has 2 aliphatic heterocycles. The zero-order chi connectivity index (χ0) is 6.10. The molecule has 1 fully saturated rings. The second kappa shape index (κ2) is 3.01. The molecule has 0 saturated carbocycles. The molecule has 0 amide bonds. The van der Waals surface area contributed by atoms with Crippen LogP contribution in [0.4, 0.5) is 0 Å². The first-order valence-electron chi connectivity index (χ1n) is 3.75. The summed E-state index contributed by atoms with van der Waals surface area (Å²) >= 11 is 0. The summed E-state index contributed by atoms with van der Waals surface area (Å²) in [5.74, 6) is 1.38. The molecule has 3 nitrogen and oxygen atoms in total. The standard InChI is InChI=1S/C7H12N2.H3N/c1-3-7-8-4-2-6-9(7)5-1;/h1-6H2;1H3/p+1. The number of amidine groups is 1. The summed E-state index contributed by atoms with van der Waals surface area (Å²) in [6.07, 6.45) is 3.84. The summed E-state index contributed by atoms with van der Waals surface area (Å²) in [4.78, 5) is 6.85. The highest BCUT2D eigenvalue weighted by Crippen LogP contribution is 2.14. The van der Waals surface area contributed by atoms with E-state index in [0.717, 1.165) is 6.54 Å². The third-order valence-corrected chi connectivity index (χ3v) is 2.07. The van der Waals surface area contributed by atoms with Gasteiger partial charge in [0.2, 0.25) is 0 Å². The van der Waals surface area contributed by atoms with Crippen LogP contribution >= 0.6 is 0 Å². The molecule has 2 heterocycles. The molecular weight excluding hydrogens is 126 g/mol. The van der Waals surface area contributed by atoms with Crippen molar-refractivity contribution < 1.29 is 0 Å². The molecule has 0 aromatic rings. The number of hydrogen-bond acceptors (Lipinski definition) is 2. The quantitative estimate of drug-likeness (QED) is 0.544. The van der Waals surface area contributed by atoms with Crippen LogP contribution in [-0.4, -0.2) is 30.4 Å². The third-order valence-electron chi connectivity index (χ3n) is 2.07. The average Bonchev–Trinajstić information content (AvgIpc) is 2.33. The highest BCUT2D eigenvalue weighted by atomic mass is 15.2. The Kier molecular flexibility index (Phi) is 2.27. The van der Waals surface area contributed by atoms with Gasteiger partial charge in [-0.25, -0.2) is 0 Å². The smallest absolute Gasteiger partial charge is 0.0989 e. The topological polar surface area (TPSA) is 52.1 Å². The van der Waals surface area contributed by atoms with Crippen LogP contribution < -0.4 is 6.15 Å². The van der Waals surface area contributed by atoms with Gasteiger partial charge < -0.3 is 11.1 Å². The van der Waals surface area contributed by atoms with Crippen LogP contribution in [0.3, 0.4) is 0 Å². The van der Waals surface area contributed by atoms with Crippen molar-refractivity contribution in [2.75, 3.05) is 19.6 Å². The molecule has 4 N–H and O–H groups in total. The first-order chi connectivity index (χ1) is 4.47. The molecule has 0 aliphatic carbocycles. The third kappa shape index (κ3) is 1.14. The highest BCUT2D eigenvalue weighted by molar-refractivity contribution is 5.84. The van der Waals surface area contributed by atoms with Gasteiger partial charge in [-0.1, -0.05) is 0 Å². The van der Waals surface area contributed by atoms with Crippen molar-refractivity contribution >= 4 is 5.84 Å². The highest BCUT2D eigenvalue weighted by Gasteiger charge is 2.19. The van der Waals surface area contributed by atoms with Crippen molar-refractivity contribution in [2.24, 2.45) is 4.99 Å². The number of hydrogen-bond donors (Lipinski definition) is 1. The van der Waals surface area contributed by atoms with E-state index in [2.05, 4.69) is 9.89 Å². The largest absolute Gasteiger partial charge is 0.369 e. The molecule has 0 bridgehead atoms. The van der Waals surface area contributed by atoms with Crippen LogP contribution in [0.2, 0.25) is 0 Å². The van der Waals surface area contributed by atoms with E-state index in [4.69, 9.17) is 0 Å². The maximum Gasteiger partial charge on any atom is 0.0989 e. The number of quaternary nitrogens is 1. The molecule has 0 atom stereocenters. The van der Waals surface area contributed by atoms with E-state index in [-0.39, 0.29) is 6.15 Å². The van der Waals surface area contributed by atoms with Crippen molar-refractivity contribution in [2.45, 2.75) is 19.3 Å². The van der Waals surface area contributed by atoms with E-state index in [1.807, 2.05) is 0 Å². The average molecular weight is 142 g/mol. The molecule has 0 aromatic heterocycles. The lowest BCUT2D eigenvalue weighted by molar-refractivity contribution is 0.427. The predicted molar refractivity (Wildman–Crippen MR) is 43.7 cm³/mol. The van der Waals surface area contributed by atoms with E-state index >= 15 is 0 Å². The van der Waals surface area contributed by atoms with Crippen LogP contribution in [0.25, 0.3) is 0 Å². The second-order valence-corrected chi connectivity index (χ2v) is 2.74. The van der Waals surface area contributed by atoms with Gasteiger partial charge in [-0.05, 0) is 12.8 Å². The van der Waals surface area contributed by atoms with Crippen LogP contribution in [0.5, 0.6) is 0 Å². The molecule has 0 spiro atoms. The zero-order valence-electron chi connectivity index (χ0n) is 6.64. The first kappa shape index (κ1) is 7.54. The fraction of sp³-hybridized carbons (Fsp3) is 0.857. The SMILES string of the molecule is C1CN=C2CCCN2C1.[NH4+]. The first-order valence-corrected chi connectivity index (χ1v) is 3.75. The molecule has 1 saturated heterocycles. The van der Waals surface area contributed by atoms with Crippen molar-refractivity contribution in [3.63, 3.8) is 0 Å². The Balaban J connectivity index is 0.000000500. The second-order valence-electron chi connectivity index (χ2n) is 2.74. The minimum Gasteiger partial charge on any atom is -0.369 e. The van der Waals surface area contributed by atoms with Crippen LogP contribution in [0.15, 0.2) is 4.99 Å². The Hall–Kier alpha value is -0.570. The lowest BCUT2D eigenvalue weighted by atomic mass is 10.3.